The highest BCUT2D eigenvalue weighted by molar-refractivity contribution is 7.12. The lowest BCUT2D eigenvalue weighted by Crippen LogP contribution is -2.11. The molecule has 0 saturated carbocycles. The molecule has 0 spiro atoms. The summed E-state index contributed by atoms with van der Waals surface area (Å²) in [6.45, 7) is 2.07. The largest absolute Gasteiger partial charge is 0.318 e. The maximum atomic E-state index is 6.05. The summed E-state index contributed by atoms with van der Waals surface area (Å²) in [7, 11) is 0. The van der Waals surface area contributed by atoms with E-state index in [1.165, 1.54) is 11.2 Å². The SMILES string of the molecule is Cc1ccc(C(N)c2ccncn2)s1. The van der Waals surface area contributed by atoms with E-state index in [-0.39, 0.29) is 6.04 Å². The van der Waals surface area contributed by atoms with Crippen LogP contribution in [0.3, 0.4) is 0 Å². The highest BCUT2D eigenvalue weighted by Gasteiger charge is 2.11. The molecule has 4 heteroatoms. The third kappa shape index (κ3) is 1.81. The van der Waals surface area contributed by atoms with Crippen LogP contribution in [0.15, 0.2) is 30.7 Å². The Labute approximate surface area is 86.6 Å². The molecule has 0 aliphatic carbocycles. The van der Waals surface area contributed by atoms with E-state index in [1.807, 2.05) is 12.1 Å². The number of nitrogens with zero attached hydrogens (tertiary/aromatic N) is 2. The summed E-state index contributed by atoms with van der Waals surface area (Å²) in [5.41, 5.74) is 6.91. The third-order valence-corrected chi connectivity index (χ3v) is 3.07. The van der Waals surface area contributed by atoms with Crippen molar-refractivity contribution < 1.29 is 0 Å². The summed E-state index contributed by atoms with van der Waals surface area (Å²) in [5, 5.41) is 0. The van der Waals surface area contributed by atoms with Gasteiger partial charge in [0, 0.05) is 16.0 Å². The number of hydrogen-bond donors (Lipinski definition) is 1. The lowest BCUT2D eigenvalue weighted by atomic mass is 10.2. The average molecular weight is 205 g/mol. The molecule has 2 aromatic rings. The number of nitrogens with two attached hydrogens (primary N) is 1. The van der Waals surface area contributed by atoms with Crippen molar-refractivity contribution in [1.82, 2.24) is 9.97 Å². The van der Waals surface area contributed by atoms with Gasteiger partial charge in [0.15, 0.2) is 0 Å². The van der Waals surface area contributed by atoms with E-state index in [9.17, 15) is 0 Å². The van der Waals surface area contributed by atoms with E-state index in [0.29, 0.717) is 0 Å². The van der Waals surface area contributed by atoms with Crippen LogP contribution in [0.4, 0.5) is 0 Å². The van der Waals surface area contributed by atoms with E-state index >= 15 is 0 Å². The molecule has 0 aliphatic heterocycles. The first-order chi connectivity index (χ1) is 6.77. The van der Waals surface area contributed by atoms with Crippen LogP contribution in [-0.2, 0) is 0 Å². The fourth-order valence-corrected chi connectivity index (χ4v) is 2.14. The summed E-state index contributed by atoms with van der Waals surface area (Å²) in [6.07, 6.45) is 3.23. The van der Waals surface area contributed by atoms with Gasteiger partial charge in [0.1, 0.15) is 6.33 Å². The molecule has 14 heavy (non-hydrogen) atoms. The predicted octanol–water partition coefficient (Wildman–Crippen LogP) is 1.89. The first kappa shape index (κ1) is 9.30. The minimum absolute atomic E-state index is 0.128. The zero-order chi connectivity index (χ0) is 9.97. The van der Waals surface area contributed by atoms with Gasteiger partial charge in [-0.15, -0.1) is 11.3 Å². The molecule has 0 aliphatic rings. The first-order valence-electron chi connectivity index (χ1n) is 4.35. The molecular weight excluding hydrogens is 194 g/mol. The van der Waals surface area contributed by atoms with Crippen molar-refractivity contribution >= 4 is 11.3 Å². The van der Waals surface area contributed by atoms with Crippen LogP contribution in [0.2, 0.25) is 0 Å². The van der Waals surface area contributed by atoms with Crippen LogP contribution in [0.1, 0.15) is 21.5 Å². The average Bonchev–Trinajstić information content (AvgIpc) is 2.65. The van der Waals surface area contributed by atoms with Gasteiger partial charge in [-0.3, -0.25) is 0 Å². The van der Waals surface area contributed by atoms with Crippen molar-refractivity contribution in [3.63, 3.8) is 0 Å². The lowest BCUT2D eigenvalue weighted by molar-refractivity contribution is 0.836. The smallest absolute Gasteiger partial charge is 0.115 e. The van der Waals surface area contributed by atoms with Crippen LogP contribution < -0.4 is 5.73 Å². The second-order valence-electron chi connectivity index (χ2n) is 3.06. The van der Waals surface area contributed by atoms with Crippen LogP contribution >= 0.6 is 11.3 Å². The Morgan fingerprint density at radius 1 is 1.36 bits per heavy atom. The molecule has 2 aromatic heterocycles. The standard InChI is InChI=1S/C10H11N3S/c1-7-2-3-9(14-7)10(11)8-4-5-12-6-13-8/h2-6,10H,11H2,1H3. The van der Waals surface area contributed by atoms with Gasteiger partial charge in [-0.2, -0.15) is 0 Å². The molecule has 2 heterocycles. The van der Waals surface area contributed by atoms with E-state index in [0.717, 1.165) is 10.6 Å². The zero-order valence-electron chi connectivity index (χ0n) is 7.84. The first-order valence-corrected chi connectivity index (χ1v) is 5.17. The molecule has 0 aromatic carbocycles. The van der Waals surface area contributed by atoms with E-state index < -0.39 is 0 Å². The molecule has 0 amide bonds. The van der Waals surface area contributed by atoms with Gasteiger partial charge in [0.25, 0.3) is 0 Å². The van der Waals surface area contributed by atoms with Gasteiger partial charge in [-0.1, -0.05) is 0 Å². The van der Waals surface area contributed by atoms with Crippen molar-refractivity contribution in [1.29, 1.82) is 0 Å². The Morgan fingerprint density at radius 3 is 2.79 bits per heavy atom. The molecule has 0 bridgehead atoms. The number of hydrogen-bond acceptors (Lipinski definition) is 4. The molecule has 3 nitrogen and oxygen atoms in total. The van der Waals surface area contributed by atoms with E-state index in [1.54, 1.807) is 17.5 Å². The fraction of sp³-hybridized carbons (Fsp3) is 0.200. The minimum atomic E-state index is -0.128. The van der Waals surface area contributed by atoms with Gasteiger partial charge >= 0.3 is 0 Å². The van der Waals surface area contributed by atoms with Crippen LogP contribution in [0, 0.1) is 6.92 Å². The fourth-order valence-electron chi connectivity index (χ4n) is 1.25. The second kappa shape index (κ2) is 3.86. The molecule has 72 valence electrons. The Morgan fingerprint density at radius 2 is 2.21 bits per heavy atom. The van der Waals surface area contributed by atoms with Crippen LogP contribution in [0.25, 0.3) is 0 Å². The Hall–Kier alpha value is -1.26. The van der Waals surface area contributed by atoms with Crippen molar-refractivity contribution in [2.75, 3.05) is 0 Å². The summed E-state index contributed by atoms with van der Waals surface area (Å²) in [5.74, 6) is 0. The topological polar surface area (TPSA) is 51.8 Å². The summed E-state index contributed by atoms with van der Waals surface area (Å²) in [4.78, 5) is 10.4. The second-order valence-corrected chi connectivity index (χ2v) is 4.38. The number of aryl methyl sites for hydroxylation is 1. The summed E-state index contributed by atoms with van der Waals surface area (Å²) >= 11 is 1.71. The van der Waals surface area contributed by atoms with Gasteiger partial charge < -0.3 is 5.73 Å². The maximum absolute atomic E-state index is 6.05. The summed E-state index contributed by atoms with van der Waals surface area (Å²) in [6, 6.07) is 5.84. The number of thiophene rings is 1. The molecule has 0 saturated heterocycles. The quantitative estimate of drug-likeness (QED) is 0.814. The Kier molecular flexibility index (Phi) is 2.56. The third-order valence-electron chi connectivity index (χ3n) is 1.99. The van der Waals surface area contributed by atoms with Crippen molar-refractivity contribution in [3.05, 3.63) is 46.2 Å². The minimum Gasteiger partial charge on any atom is -0.318 e. The maximum Gasteiger partial charge on any atom is 0.115 e. The predicted molar refractivity (Wildman–Crippen MR) is 57.1 cm³/mol. The lowest BCUT2D eigenvalue weighted by Gasteiger charge is -2.07. The Bertz CT molecular complexity index is 410. The molecule has 2 N–H and O–H groups in total. The van der Waals surface area contributed by atoms with Crippen LogP contribution in [-0.4, -0.2) is 9.97 Å². The molecule has 0 fully saturated rings. The zero-order valence-corrected chi connectivity index (χ0v) is 8.66. The Balaban J connectivity index is 2.29. The van der Waals surface area contributed by atoms with Crippen LogP contribution in [0.5, 0.6) is 0 Å². The molecular formula is C10H11N3S. The van der Waals surface area contributed by atoms with Gasteiger partial charge in [0.2, 0.25) is 0 Å². The molecule has 0 radical (unpaired) electrons. The van der Waals surface area contributed by atoms with Crippen molar-refractivity contribution in [2.24, 2.45) is 5.73 Å². The highest BCUT2D eigenvalue weighted by Crippen LogP contribution is 2.24. The molecule has 1 atom stereocenters. The monoisotopic (exact) mass is 205 g/mol. The van der Waals surface area contributed by atoms with E-state index in [4.69, 9.17) is 5.73 Å². The number of rotatable bonds is 2. The molecule has 1 unspecified atom stereocenters. The normalized spacial score (nSPS) is 12.7. The van der Waals surface area contributed by atoms with Gasteiger partial charge in [0.05, 0.1) is 11.7 Å². The van der Waals surface area contributed by atoms with E-state index in [2.05, 4.69) is 23.0 Å². The number of aromatic nitrogens is 2. The highest BCUT2D eigenvalue weighted by atomic mass is 32.1. The van der Waals surface area contributed by atoms with Crippen molar-refractivity contribution in [2.45, 2.75) is 13.0 Å². The van der Waals surface area contributed by atoms with Gasteiger partial charge in [-0.25, -0.2) is 9.97 Å². The van der Waals surface area contributed by atoms with Gasteiger partial charge in [-0.05, 0) is 25.1 Å². The molecule has 2 rings (SSSR count). The van der Waals surface area contributed by atoms with Crippen molar-refractivity contribution in [3.8, 4) is 0 Å². The summed E-state index contributed by atoms with van der Waals surface area (Å²) < 4.78 is 0.